The maximum Gasteiger partial charge on any atom is 0.292 e. The lowest BCUT2D eigenvalue weighted by Gasteiger charge is -2.08. The molecule has 1 aromatic rings. The average molecular weight is 224 g/mol. The number of ether oxygens (including phenoxy) is 1. The summed E-state index contributed by atoms with van der Waals surface area (Å²) in [6, 6.07) is 4.41. The van der Waals surface area contributed by atoms with Crippen LogP contribution in [-0.2, 0) is 0 Å². The summed E-state index contributed by atoms with van der Waals surface area (Å²) in [6.07, 6.45) is 0.941. The number of nitro benzene ring substituents is 1. The van der Waals surface area contributed by atoms with Crippen molar-refractivity contribution in [2.45, 2.75) is 20.3 Å². The molecule has 1 aromatic carbocycles. The molecule has 0 aliphatic rings. The Morgan fingerprint density at radius 3 is 2.69 bits per heavy atom. The van der Waals surface area contributed by atoms with Crippen molar-refractivity contribution in [2.75, 3.05) is 12.3 Å². The van der Waals surface area contributed by atoms with Crippen molar-refractivity contribution >= 4 is 11.4 Å². The molecule has 0 fully saturated rings. The number of hydrogen-bond donors (Lipinski definition) is 1. The van der Waals surface area contributed by atoms with Crippen molar-refractivity contribution in [1.82, 2.24) is 0 Å². The van der Waals surface area contributed by atoms with E-state index < -0.39 is 4.92 Å². The van der Waals surface area contributed by atoms with Crippen LogP contribution in [0.4, 0.5) is 11.4 Å². The van der Waals surface area contributed by atoms with E-state index in [1.54, 1.807) is 6.07 Å². The minimum Gasteiger partial charge on any atom is -0.494 e. The van der Waals surface area contributed by atoms with Crippen LogP contribution in [0.2, 0.25) is 0 Å². The second-order valence-corrected chi connectivity index (χ2v) is 4.01. The highest BCUT2D eigenvalue weighted by Gasteiger charge is 2.11. The van der Waals surface area contributed by atoms with E-state index in [1.807, 2.05) is 0 Å². The number of benzene rings is 1. The fraction of sp³-hybridized carbons (Fsp3) is 0.455. The quantitative estimate of drug-likeness (QED) is 0.473. The van der Waals surface area contributed by atoms with E-state index in [-0.39, 0.29) is 11.4 Å². The van der Waals surface area contributed by atoms with E-state index in [9.17, 15) is 10.1 Å². The smallest absolute Gasteiger partial charge is 0.292 e. The predicted molar refractivity (Wildman–Crippen MR) is 62.5 cm³/mol. The van der Waals surface area contributed by atoms with Crippen LogP contribution < -0.4 is 10.5 Å². The standard InChI is InChI=1S/C11H16N2O3/c1-8(2)5-6-16-9-3-4-11(13(14)15)10(12)7-9/h3-4,7-8H,5-6,12H2,1-2H3. The molecule has 16 heavy (non-hydrogen) atoms. The van der Waals surface area contributed by atoms with Gasteiger partial charge in [0.15, 0.2) is 0 Å². The molecule has 0 aromatic heterocycles. The molecule has 0 spiro atoms. The van der Waals surface area contributed by atoms with Gasteiger partial charge in [-0.05, 0) is 18.4 Å². The third kappa shape index (κ3) is 3.42. The van der Waals surface area contributed by atoms with Gasteiger partial charge in [-0.3, -0.25) is 10.1 Å². The summed E-state index contributed by atoms with van der Waals surface area (Å²) in [5.74, 6) is 1.14. The third-order valence-corrected chi connectivity index (χ3v) is 2.16. The highest BCUT2D eigenvalue weighted by atomic mass is 16.6. The van der Waals surface area contributed by atoms with Gasteiger partial charge in [-0.2, -0.15) is 0 Å². The number of rotatable bonds is 5. The van der Waals surface area contributed by atoms with Crippen LogP contribution in [0.1, 0.15) is 20.3 Å². The van der Waals surface area contributed by atoms with Crippen molar-refractivity contribution in [3.05, 3.63) is 28.3 Å². The normalized spacial score (nSPS) is 10.4. The summed E-state index contributed by atoms with van der Waals surface area (Å²) in [6.45, 7) is 4.80. The van der Waals surface area contributed by atoms with Crippen molar-refractivity contribution in [3.8, 4) is 5.75 Å². The van der Waals surface area contributed by atoms with Crippen molar-refractivity contribution in [1.29, 1.82) is 0 Å². The monoisotopic (exact) mass is 224 g/mol. The Hall–Kier alpha value is -1.78. The third-order valence-electron chi connectivity index (χ3n) is 2.16. The number of nitrogen functional groups attached to an aromatic ring is 1. The Bertz CT molecular complexity index is 377. The van der Waals surface area contributed by atoms with Crippen LogP contribution in [0.25, 0.3) is 0 Å². The van der Waals surface area contributed by atoms with Gasteiger partial charge >= 0.3 is 0 Å². The minimum absolute atomic E-state index is 0.0868. The molecule has 2 N–H and O–H groups in total. The summed E-state index contributed by atoms with van der Waals surface area (Å²) in [7, 11) is 0. The minimum atomic E-state index is -0.507. The van der Waals surface area contributed by atoms with E-state index >= 15 is 0 Å². The summed E-state index contributed by atoms with van der Waals surface area (Å²) >= 11 is 0. The number of nitro groups is 1. The Morgan fingerprint density at radius 2 is 2.19 bits per heavy atom. The predicted octanol–water partition coefficient (Wildman–Crippen LogP) is 2.60. The van der Waals surface area contributed by atoms with Crippen LogP contribution in [0.5, 0.6) is 5.75 Å². The lowest BCUT2D eigenvalue weighted by Crippen LogP contribution is -2.02. The molecular weight excluding hydrogens is 208 g/mol. The second-order valence-electron chi connectivity index (χ2n) is 4.01. The van der Waals surface area contributed by atoms with E-state index in [1.165, 1.54) is 12.1 Å². The fourth-order valence-electron chi connectivity index (χ4n) is 1.20. The highest BCUT2D eigenvalue weighted by Crippen LogP contribution is 2.26. The number of anilines is 1. The molecule has 0 atom stereocenters. The molecule has 0 heterocycles. The highest BCUT2D eigenvalue weighted by molar-refractivity contribution is 5.60. The van der Waals surface area contributed by atoms with Gasteiger partial charge in [0.05, 0.1) is 11.5 Å². The van der Waals surface area contributed by atoms with Crippen LogP contribution in [0.3, 0.4) is 0 Å². The van der Waals surface area contributed by atoms with Crippen LogP contribution in [0.15, 0.2) is 18.2 Å². The van der Waals surface area contributed by atoms with Crippen LogP contribution in [-0.4, -0.2) is 11.5 Å². The maximum atomic E-state index is 10.5. The topological polar surface area (TPSA) is 78.4 Å². The molecule has 0 saturated heterocycles. The first kappa shape index (κ1) is 12.3. The molecule has 5 heteroatoms. The first-order valence-corrected chi connectivity index (χ1v) is 5.17. The van der Waals surface area contributed by atoms with Gasteiger partial charge < -0.3 is 10.5 Å². The van der Waals surface area contributed by atoms with Gasteiger partial charge in [-0.15, -0.1) is 0 Å². The molecule has 0 saturated carbocycles. The Morgan fingerprint density at radius 1 is 1.50 bits per heavy atom. The van der Waals surface area contributed by atoms with Gasteiger partial charge in [0, 0.05) is 12.1 Å². The average Bonchev–Trinajstić information content (AvgIpc) is 2.16. The molecule has 1 rings (SSSR count). The molecule has 0 unspecified atom stereocenters. The molecule has 88 valence electrons. The summed E-state index contributed by atoms with van der Waals surface area (Å²) in [5, 5.41) is 10.5. The maximum absolute atomic E-state index is 10.5. The molecule has 5 nitrogen and oxygen atoms in total. The summed E-state index contributed by atoms with van der Waals surface area (Å²) in [4.78, 5) is 10.0. The molecule has 0 bridgehead atoms. The van der Waals surface area contributed by atoms with Crippen LogP contribution >= 0.6 is 0 Å². The molecule has 0 amide bonds. The van der Waals surface area contributed by atoms with E-state index in [0.717, 1.165) is 6.42 Å². The van der Waals surface area contributed by atoms with Gasteiger partial charge in [0.25, 0.3) is 5.69 Å². The zero-order valence-electron chi connectivity index (χ0n) is 9.47. The second kappa shape index (κ2) is 5.34. The first-order chi connectivity index (χ1) is 7.50. The fourth-order valence-corrected chi connectivity index (χ4v) is 1.20. The van der Waals surface area contributed by atoms with Gasteiger partial charge in [-0.1, -0.05) is 13.8 Å². The number of nitrogens with two attached hydrogens (primary N) is 1. The SMILES string of the molecule is CC(C)CCOc1ccc([N+](=O)[O-])c(N)c1. The van der Waals surface area contributed by atoms with Crippen LogP contribution in [0, 0.1) is 16.0 Å². The molecular formula is C11H16N2O3. The van der Waals surface area contributed by atoms with Crippen molar-refractivity contribution in [2.24, 2.45) is 5.92 Å². The Balaban J connectivity index is 2.63. The van der Waals surface area contributed by atoms with Gasteiger partial charge in [0.2, 0.25) is 0 Å². The molecule has 0 radical (unpaired) electrons. The Kier molecular flexibility index (Phi) is 4.10. The lowest BCUT2D eigenvalue weighted by molar-refractivity contribution is -0.383. The number of hydrogen-bond acceptors (Lipinski definition) is 4. The van der Waals surface area contributed by atoms with Gasteiger partial charge in [0.1, 0.15) is 11.4 Å². The summed E-state index contributed by atoms with van der Waals surface area (Å²) < 4.78 is 5.43. The van der Waals surface area contributed by atoms with E-state index in [2.05, 4.69) is 13.8 Å². The van der Waals surface area contributed by atoms with Crippen molar-refractivity contribution in [3.63, 3.8) is 0 Å². The Labute approximate surface area is 94.4 Å². The largest absolute Gasteiger partial charge is 0.494 e. The zero-order valence-corrected chi connectivity index (χ0v) is 9.47. The molecule has 0 aliphatic carbocycles. The first-order valence-electron chi connectivity index (χ1n) is 5.17. The lowest BCUT2D eigenvalue weighted by atomic mass is 10.1. The van der Waals surface area contributed by atoms with E-state index in [0.29, 0.717) is 18.3 Å². The molecule has 0 aliphatic heterocycles. The van der Waals surface area contributed by atoms with Crippen molar-refractivity contribution < 1.29 is 9.66 Å². The zero-order chi connectivity index (χ0) is 12.1. The van der Waals surface area contributed by atoms with Gasteiger partial charge in [-0.25, -0.2) is 0 Å². The number of nitrogens with zero attached hydrogens (tertiary/aromatic N) is 1. The summed E-state index contributed by atoms with van der Waals surface area (Å²) in [5.41, 5.74) is 5.58. The van der Waals surface area contributed by atoms with E-state index in [4.69, 9.17) is 10.5 Å².